The van der Waals surface area contributed by atoms with Crippen molar-refractivity contribution in [1.29, 1.82) is 0 Å². The molecule has 0 aliphatic heterocycles. The number of nitrogens with one attached hydrogen (secondary N) is 1. The Balaban J connectivity index is 4.18. The first-order valence-electron chi connectivity index (χ1n) is 6.83. The third-order valence-electron chi connectivity index (χ3n) is 2.70. The molecule has 0 radical (unpaired) electrons. The second-order valence-corrected chi connectivity index (χ2v) is 15.0. The van der Waals surface area contributed by atoms with E-state index in [2.05, 4.69) is 45.0 Å². The lowest BCUT2D eigenvalue weighted by Crippen LogP contribution is -2.44. The zero-order chi connectivity index (χ0) is 14.2. The van der Waals surface area contributed by atoms with Crippen molar-refractivity contribution in [3.8, 4) is 0 Å². The van der Waals surface area contributed by atoms with Crippen molar-refractivity contribution in [3.63, 3.8) is 0 Å². The van der Waals surface area contributed by atoms with Gasteiger partial charge in [-0.1, -0.05) is 19.9 Å². The average Bonchev–Trinajstić information content (AvgIpc) is 2.21. The van der Waals surface area contributed by atoms with Crippen molar-refractivity contribution in [2.45, 2.75) is 58.0 Å². The number of rotatable bonds is 9. The summed E-state index contributed by atoms with van der Waals surface area (Å²) in [5.74, 6) is -0.0834. The van der Waals surface area contributed by atoms with Crippen molar-refractivity contribution >= 4 is 22.5 Å². The molecule has 0 saturated carbocycles. The van der Waals surface area contributed by atoms with Gasteiger partial charge in [-0.2, -0.15) is 0 Å². The molecule has 0 bridgehead atoms. The largest absolute Gasteiger partial charge is 0.456 e. The second-order valence-electron chi connectivity index (χ2n) is 6.01. The standard InChI is InChI=1S/C13H29NO2Si2/c1-7-11-18(6,16-17(3,4)5)12-9-10-14-13(15)8-2/h8H,2,7,9-12H2,1,3-6H3,(H,14,15). The predicted octanol–water partition coefficient (Wildman–Crippen LogP) is 3.52. The summed E-state index contributed by atoms with van der Waals surface area (Å²) in [5.41, 5.74) is 0. The van der Waals surface area contributed by atoms with Gasteiger partial charge >= 0.3 is 0 Å². The molecule has 1 N–H and O–H groups in total. The summed E-state index contributed by atoms with van der Waals surface area (Å²) in [4.78, 5) is 11.0. The average molecular weight is 288 g/mol. The molecule has 0 fully saturated rings. The van der Waals surface area contributed by atoms with Crippen LogP contribution in [0.1, 0.15) is 19.8 Å². The maximum absolute atomic E-state index is 11.0. The summed E-state index contributed by atoms with van der Waals surface area (Å²) in [7, 11) is -3.04. The van der Waals surface area contributed by atoms with Crippen molar-refractivity contribution in [2.24, 2.45) is 0 Å². The molecular formula is C13H29NO2Si2. The molecular weight excluding hydrogens is 258 g/mol. The summed E-state index contributed by atoms with van der Waals surface area (Å²) in [6.07, 6.45) is 3.51. The highest BCUT2D eigenvalue weighted by atomic mass is 28.4. The Labute approximate surface area is 114 Å². The van der Waals surface area contributed by atoms with Crippen LogP contribution in [0.25, 0.3) is 0 Å². The SMILES string of the molecule is C=CC(=O)NCCC[Si](C)(CCC)O[Si](C)(C)C. The number of carbonyl (C=O) groups is 1. The molecule has 5 heteroatoms. The van der Waals surface area contributed by atoms with Gasteiger partial charge in [0.1, 0.15) is 0 Å². The van der Waals surface area contributed by atoms with Crippen LogP contribution in [0.4, 0.5) is 0 Å². The van der Waals surface area contributed by atoms with Gasteiger partial charge in [-0.15, -0.1) is 0 Å². The first-order valence-corrected chi connectivity index (χ1v) is 13.1. The van der Waals surface area contributed by atoms with Crippen LogP contribution in [0.3, 0.4) is 0 Å². The lowest BCUT2D eigenvalue weighted by atomic mass is 10.4. The molecule has 106 valence electrons. The topological polar surface area (TPSA) is 38.3 Å². The minimum atomic E-state index is -1.58. The van der Waals surface area contributed by atoms with Gasteiger partial charge in [0.15, 0.2) is 16.6 Å². The minimum absolute atomic E-state index is 0.0834. The molecule has 0 spiro atoms. The molecule has 0 aliphatic carbocycles. The Morgan fingerprint density at radius 1 is 1.28 bits per heavy atom. The molecule has 1 amide bonds. The van der Waals surface area contributed by atoms with E-state index >= 15 is 0 Å². The van der Waals surface area contributed by atoms with E-state index in [1.165, 1.54) is 18.5 Å². The third-order valence-corrected chi connectivity index (χ3v) is 10.1. The van der Waals surface area contributed by atoms with Gasteiger partial charge in [0.05, 0.1) is 0 Å². The van der Waals surface area contributed by atoms with Crippen LogP contribution in [0.5, 0.6) is 0 Å². The highest BCUT2D eigenvalue weighted by Crippen LogP contribution is 2.25. The van der Waals surface area contributed by atoms with Gasteiger partial charge in [0, 0.05) is 6.54 Å². The van der Waals surface area contributed by atoms with E-state index in [0.29, 0.717) is 0 Å². The van der Waals surface area contributed by atoms with Crippen molar-refractivity contribution in [2.75, 3.05) is 6.54 Å². The molecule has 1 unspecified atom stereocenters. The Kier molecular flexibility index (Phi) is 7.74. The zero-order valence-corrected chi connectivity index (χ0v) is 14.6. The van der Waals surface area contributed by atoms with E-state index in [0.717, 1.165) is 19.0 Å². The Morgan fingerprint density at radius 3 is 2.33 bits per heavy atom. The zero-order valence-electron chi connectivity index (χ0n) is 12.6. The first kappa shape index (κ1) is 17.6. The molecule has 3 nitrogen and oxygen atoms in total. The van der Waals surface area contributed by atoms with Crippen LogP contribution < -0.4 is 5.32 Å². The molecule has 0 aliphatic rings. The van der Waals surface area contributed by atoms with Crippen molar-refractivity contribution in [3.05, 3.63) is 12.7 Å². The van der Waals surface area contributed by atoms with Crippen molar-refractivity contribution < 1.29 is 8.91 Å². The van der Waals surface area contributed by atoms with E-state index in [9.17, 15) is 4.79 Å². The van der Waals surface area contributed by atoms with Crippen LogP contribution in [0, 0.1) is 0 Å². The number of hydrogen-bond acceptors (Lipinski definition) is 2. The fraction of sp³-hybridized carbons (Fsp3) is 0.769. The summed E-state index contributed by atoms with van der Waals surface area (Å²) >= 11 is 0. The lowest BCUT2D eigenvalue weighted by Gasteiger charge is -2.34. The molecule has 0 rings (SSSR count). The van der Waals surface area contributed by atoms with Crippen LogP contribution in [-0.2, 0) is 8.91 Å². The Hall–Kier alpha value is -0.396. The lowest BCUT2D eigenvalue weighted by molar-refractivity contribution is -0.116. The second kappa shape index (κ2) is 7.91. The van der Waals surface area contributed by atoms with Gasteiger partial charge in [-0.05, 0) is 50.8 Å². The highest BCUT2D eigenvalue weighted by Gasteiger charge is 2.32. The molecule has 0 heterocycles. The quantitative estimate of drug-likeness (QED) is 0.400. The van der Waals surface area contributed by atoms with Crippen molar-refractivity contribution in [1.82, 2.24) is 5.32 Å². The summed E-state index contributed by atoms with van der Waals surface area (Å²) in [6.45, 7) is 15.5. The molecule has 0 saturated heterocycles. The fourth-order valence-electron chi connectivity index (χ4n) is 2.24. The Morgan fingerprint density at radius 2 is 1.89 bits per heavy atom. The number of hydrogen-bond donors (Lipinski definition) is 1. The van der Waals surface area contributed by atoms with Gasteiger partial charge in [-0.3, -0.25) is 4.79 Å². The summed E-state index contributed by atoms with van der Waals surface area (Å²) in [5, 5.41) is 2.83. The van der Waals surface area contributed by atoms with E-state index < -0.39 is 16.6 Å². The fourth-order valence-corrected chi connectivity index (χ4v) is 11.2. The smallest absolute Gasteiger partial charge is 0.243 e. The molecule has 0 aromatic rings. The summed E-state index contributed by atoms with van der Waals surface area (Å²) in [6, 6.07) is 2.34. The van der Waals surface area contributed by atoms with Crippen LogP contribution >= 0.6 is 0 Å². The van der Waals surface area contributed by atoms with Crippen LogP contribution in [0.15, 0.2) is 12.7 Å². The minimum Gasteiger partial charge on any atom is -0.456 e. The maximum Gasteiger partial charge on any atom is 0.243 e. The highest BCUT2D eigenvalue weighted by molar-refractivity contribution is 6.84. The van der Waals surface area contributed by atoms with E-state index in [-0.39, 0.29) is 5.91 Å². The number of carbonyl (C=O) groups excluding carboxylic acids is 1. The van der Waals surface area contributed by atoms with Crippen LogP contribution in [-0.4, -0.2) is 29.1 Å². The van der Waals surface area contributed by atoms with E-state index in [1.807, 2.05) is 0 Å². The monoisotopic (exact) mass is 287 g/mol. The molecule has 18 heavy (non-hydrogen) atoms. The third kappa shape index (κ3) is 8.66. The van der Waals surface area contributed by atoms with E-state index in [4.69, 9.17) is 4.12 Å². The van der Waals surface area contributed by atoms with E-state index in [1.54, 1.807) is 0 Å². The Bertz CT molecular complexity index is 277. The normalized spacial score (nSPS) is 14.9. The maximum atomic E-state index is 11.0. The van der Waals surface area contributed by atoms with Crippen LogP contribution in [0.2, 0.25) is 38.3 Å². The van der Waals surface area contributed by atoms with Gasteiger partial charge in [0.25, 0.3) is 0 Å². The summed E-state index contributed by atoms with van der Waals surface area (Å²) < 4.78 is 6.44. The molecule has 1 atom stereocenters. The van der Waals surface area contributed by atoms with Gasteiger partial charge in [0.2, 0.25) is 5.91 Å². The van der Waals surface area contributed by atoms with Gasteiger partial charge < -0.3 is 9.43 Å². The number of amides is 1. The van der Waals surface area contributed by atoms with Gasteiger partial charge in [-0.25, -0.2) is 0 Å². The predicted molar refractivity (Wildman–Crippen MR) is 83.8 cm³/mol. The first-order chi connectivity index (χ1) is 8.22. The molecule has 0 aromatic heterocycles. The molecule has 0 aromatic carbocycles.